The summed E-state index contributed by atoms with van der Waals surface area (Å²) >= 11 is 0. The third-order valence-corrected chi connectivity index (χ3v) is 13.3. The predicted molar refractivity (Wildman–Crippen MR) is 293 cm³/mol. The molecule has 0 saturated carbocycles. The average Bonchev–Trinajstić information content (AvgIpc) is 3.32. The van der Waals surface area contributed by atoms with Crippen molar-refractivity contribution in [2.24, 2.45) is 0 Å². The van der Waals surface area contributed by atoms with Gasteiger partial charge in [-0.05, 0) is 62.2 Å². The first-order valence-electron chi connectivity index (χ1n) is 28.7. The minimum Gasteiger partial charge on any atom is -0.462 e. The van der Waals surface area contributed by atoms with Crippen LogP contribution in [0.5, 0.6) is 0 Å². The molecular weight excluding hydrogens is 894 g/mol. The topological polar surface area (TPSA) is 108 Å². The molecule has 10 heteroatoms. The molecule has 0 fully saturated rings. The molecule has 2 atom stereocenters. The van der Waals surface area contributed by atoms with E-state index in [2.05, 4.69) is 61.2 Å². The van der Waals surface area contributed by atoms with E-state index in [-0.39, 0.29) is 26.1 Å². The highest BCUT2D eigenvalue weighted by molar-refractivity contribution is 7.47. The average molecular weight is 999 g/mol. The fourth-order valence-corrected chi connectivity index (χ4v) is 8.57. The number of rotatable bonds is 48. The highest BCUT2D eigenvalue weighted by Crippen LogP contribution is 2.43. The van der Waals surface area contributed by atoms with Crippen LogP contribution < -0.4 is 0 Å². The summed E-state index contributed by atoms with van der Waals surface area (Å²) < 4.78 is 34.5. The van der Waals surface area contributed by atoms with Crippen molar-refractivity contribution >= 4 is 19.8 Å². The Morgan fingerprint density at radius 3 is 1.10 bits per heavy atom. The van der Waals surface area contributed by atoms with Crippen molar-refractivity contribution in [3.63, 3.8) is 0 Å². The minimum atomic E-state index is -4.41. The van der Waals surface area contributed by atoms with E-state index in [0.29, 0.717) is 23.9 Å². The Hall–Kier alpha value is -2.75. The van der Waals surface area contributed by atoms with Gasteiger partial charge in [0.1, 0.15) is 19.8 Å². The summed E-state index contributed by atoms with van der Waals surface area (Å²) in [6.45, 7) is 4.36. The van der Waals surface area contributed by atoms with Crippen LogP contribution in [0, 0.1) is 47.4 Å². The first kappa shape index (κ1) is 67.2. The number of esters is 2. The molecule has 0 bridgehead atoms. The summed E-state index contributed by atoms with van der Waals surface area (Å²) in [7, 11) is 1.43. The van der Waals surface area contributed by atoms with E-state index < -0.39 is 32.5 Å². The normalized spacial score (nSPS) is 12.3. The molecule has 0 rings (SSSR count). The second-order valence-electron chi connectivity index (χ2n) is 20.4. The Kier molecular flexibility index (Phi) is 49.2. The van der Waals surface area contributed by atoms with E-state index in [1.165, 1.54) is 141 Å². The molecular formula is C60H105NO8P+. The highest BCUT2D eigenvalue weighted by atomic mass is 31.2. The number of carbonyl (C=O) groups excluding carboxylic acids is 2. The van der Waals surface area contributed by atoms with Gasteiger partial charge in [0.25, 0.3) is 0 Å². The van der Waals surface area contributed by atoms with Crippen LogP contribution in [-0.4, -0.2) is 74.9 Å². The van der Waals surface area contributed by atoms with Gasteiger partial charge in [-0.15, -0.1) is 0 Å². The molecule has 1 N–H and O–H groups in total. The molecule has 0 saturated heterocycles. The Morgan fingerprint density at radius 2 is 0.757 bits per heavy atom. The second kappa shape index (κ2) is 51.2. The zero-order valence-corrected chi connectivity index (χ0v) is 46.8. The molecule has 0 radical (unpaired) electrons. The van der Waals surface area contributed by atoms with E-state index in [4.69, 9.17) is 18.5 Å². The number of unbranched alkanes of at least 4 members (excludes halogenated alkanes) is 34. The van der Waals surface area contributed by atoms with Gasteiger partial charge in [0.2, 0.25) is 0 Å². The standard InChI is InChI=1S/C60H104NO8P/c1-6-8-10-12-14-16-18-20-22-24-26-28-30-32-34-36-38-40-42-44-46-48-50-52-59(62)66-56-58(57-68-70(64,65)67-55-54-61(3,4)5)69-60(63)53-51-49-47-45-43-41-39-37-35-33-31-29-27-25-23-21-19-17-15-13-11-9-7-2/h58H,6-29,38-57H2,1-5H3/p+1/t58-/m1/s1. The monoisotopic (exact) mass is 999 g/mol. The lowest BCUT2D eigenvalue weighted by Gasteiger charge is -2.24. The SMILES string of the molecule is CCCCCCCCCCCCCC#CC#CCCCCCCCCC(=O)OC[C@H](COP(=O)(O)OCC[N+](C)(C)C)OC(=O)CCCCCCCCC#CC#CCCCCCCCCCCCCC. The van der Waals surface area contributed by atoms with Gasteiger partial charge in [-0.1, -0.05) is 217 Å². The number of ether oxygens (including phenoxy) is 2. The van der Waals surface area contributed by atoms with Crippen molar-refractivity contribution in [3.05, 3.63) is 0 Å². The molecule has 0 aliphatic heterocycles. The Bertz CT molecular complexity index is 1540. The molecule has 0 aromatic rings. The zero-order valence-electron chi connectivity index (χ0n) is 45.9. The molecule has 0 aromatic carbocycles. The van der Waals surface area contributed by atoms with Crippen LogP contribution in [0.1, 0.15) is 271 Å². The van der Waals surface area contributed by atoms with Crippen LogP contribution in [0.2, 0.25) is 0 Å². The maximum atomic E-state index is 12.8. The summed E-state index contributed by atoms with van der Waals surface area (Å²) in [5, 5.41) is 0. The van der Waals surface area contributed by atoms with Crippen molar-refractivity contribution < 1.29 is 42.1 Å². The van der Waals surface area contributed by atoms with E-state index in [9.17, 15) is 19.0 Å². The minimum absolute atomic E-state index is 0.0151. The molecule has 0 amide bonds. The van der Waals surface area contributed by atoms with Gasteiger partial charge < -0.3 is 18.9 Å². The van der Waals surface area contributed by atoms with Crippen molar-refractivity contribution in [3.8, 4) is 47.4 Å². The Morgan fingerprint density at radius 1 is 0.443 bits per heavy atom. The van der Waals surface area contributed by atoms with Gasteiger partial charge in [-0.3, -0.25) is 18.6 Å². The summed E-state index contributed by atoms with van der Waals surface area (Å²) in [5.74, 6) is 23.9. The molecule has 0 aliphatic rings. The van der Waals surface area contributed by atoms with Gasteiger partial charge in [-0.2, -0.15) is 0 Å². The number of hydrogen-bond donors (Lipinski definition) is 1. The molecule has 0 aromatic heterocycles. The molecule has 9 nitrogen and oxygen atoms in total. The predicted octanol–water partition coefficient (Wildman–Crippen LogP) is 15.9. The summed E-state index contributed by atoms with van der Waals surface area (Å²) in [6.07, 6.45) is 44.2. The zero-order chi connectivity index (χ0) is 51.3. The van der Waals surface area contributed by atoms with E-state index >= 15 is 0 Å². The quantitative estimate of drug-likeness (QED) is 0.0211. The molecule has 402 valence electrons. The number of hydrogen-bond acceptors (Lipinski definition) is 7. The van der Waals surface area contributed by atoms with Crippen LogP contribution in [-0.2, 0) is 32.7 Å². The van der Waals surface area contributed by atoms with Crippen LogP contribution in [0.25, 0.3) is 0 Å². The number of carbonyl (C=O) groups is 2. The van der Waals surface area contributed by atoms with Crippen LogP contribution in [0.3, 0.4) is 0 Å². The van der Waals surface area contributed by atoms with Gasteiger partial charge in [-0.25, -0.2) is 4.57 Å². The summed E-state index contributed by atoms with van der Waals surface area (Å²) in [5.41, 5.74) is 0. The van der Waals surface area contributed by atoms with E-state index in [1.54, 1.807) is 0 Å². The van der Waals surface area contributed by atoms with Crippen LogP contribution in [0.15, 0.2) is 0 Å². The van der Waals surface area contributed by atoms with Gasteiger partial charge >= 0.3 is 19.8 Å². The third kappa shape index (κ3) is 54.6. The van der Waals surface area contributed by atoms with Crippen molar-refractivity contribution in [2.45, 2.75) is 277 Å². The van der Waals surface area contributed by atoms with E-state index in [0.717, 1.165) is 89.9 Å². The highest BCUT2D eigenvalue weighted by Gasteiger charge is 2.27. The number of phosphoric ester groups is 1. The number of phosphoric acid groups is 1. The van der Waals surface area contributed by atoms with E-state index in [1.807, 2.05) is 21.1 Å². The smallest absolute Gasteiger partial charge is 0.462 e. The van der Waals surface area contributed by atoms with Crippen molar-refractivity contribution in [1.82, 2.24) is 0 Å². The fourth-order valence-electron chi connectivity index (χ4n) is 7.83. The van der Waals surface area contributed by atoms with Crippen LogP contribution in [0.4, 0.5) is 0 Å². The molecule has 70 heavy (non-hydrogen) atoms. The molecule has 0 aliphatic carbocycles. The first-order chi connectivity index (χ1) is 34.0. The number of quaternary nitrogens is 1. The fraction of sp³-hybridized carbons (Fsp3) is 0.833. The van der Waals surface area contributed by atoms with Gasteiger partial charge in [0.05, 0.1) is 27.7 Å². The number of likely N-dealkylation sites (N-methyl/N-ethyl adjacent to an activating group) is 1. The lowest BCUT2D eigenvalue weighted by Crippen LogP contribution is -2.37. The maximum absolute atomic E-state index is 12.8. The number of nitrogens with zero attached hydrogens (tertiary/aromatic N) is 1. The van der Waals surface area contributed by atoms with Crippen molar-refractivity contribution in [1.29, 1.82) is 0 Å². The second-order valence-corrected chi connectivity index (χ2v) is 21.9. The summed E-state index contributed by atoms with van der Waals surface area (Å²) in [6, 6.07) is 0. The molecule has 0 heterocycles. The maximum Gasteiger partial charge on any atom is 0.472 e. The van der Waals surface area contributed by atoms with Crippen molar-refractivity contribution in [2.75, 3.05) is 47.5 Å². The van der Waals surface area contributed by atoms with Gasteiger partial charge in [0.15, 0.2) is 6.10 Å². The third-order valence-electron chi connectivity index (χ3n) is 12.3. The largest absolute Gasteiger partial charge is 0.472 e. The van der Waals surface area contributed by atoms with Gasteiger partial charge in [0, 0.05) is 38.5 Å². The summed E-state index contributed by atoms with van der Waals surface area (Å²) in [4.78, 5) is 35.6. The lowest BCUT2D eigenvalue weighted by molar-refractivity contribution is -0.870. The van der Waals surface area contributed by atoms with Crippen LogP contribution >= 0.6 is 7.82 Å². The first-order valence-corrected chi connectivity index (χ1v) is 30.2. The molecule has 1 unspecified atom stereocenters. The Balaban J connectivity index is 4.27. The Labute approximate surface area is 431 Å². The lowest BCUT2D eigenvalue weighted by atomic mass is 10.1. The molecule has 0 spiro atoms.